The summed E-state index contributed by atoms with van der Waals surface area (Å²) in [6.07, 6.45) is 2.52. The number of ether oxygens (including phenoxy) is 1. The van der Waals surface area contributed by atoms with Crippen LogP contribution in [0.1, 0.15) is 11.9 Å². The van der Waals surface area contributed by atoms with Crippen molar-refractivity contribution < 1.29 is 9.84 Å². The van der Waals surface area contributed by atoms with E-state index in [1.165, 1.54) is 0 Å². The van der Waals surface area contributed by atoms with Gasteiger partial charge in [-0.3, -0.25) is 4.40 Å². The van der Waals surface area contributed by atoms with E-state index >= 15 is 0 Å². The number of hydrogen-bond donors (Lipinski definition) is 2. The van der Waals surface area contributed by atoms with Crippen LogP contribution in [0.25, 0.3) is 16.9 Å². The van der Waals surface area contributed by atoms with Crippen LogP contribution < -0.4 is 10.1 Å². The van der Waals surface area contributed by atoms with Gasteiger partial charge >= 0.3 is 0 Å². The molecule has 1 atom stereocenters. The number of imidazole rings is 1. The van der Waals surface area contributed by atoms with Gasteiger partial charge in [0.2, 0.25) is 0 Å². The van der Waals surface area contributed by atoms with Gasteiger partial charge in [-0.2, -0.15) is 0 Å². The van der Waals surface area contributed by atoms with Gasteiger partial charge in [-0.05, 0) is 68.3 Å². The molecule has 28 heavy (non-hydrogen) atoms. The third-order valence-corrected chi connectivity index (χ3v) is 5.17. The molecule has 0 radical (unpaired) electrons. The van der Waals surface area contributed by atoms with Crippen molar-refractivity contribution in [3.8, 4) is 17.0 Å². The third-order valence-electron chi connectivity index (χ3n) is 4.23. The maximum Gasteiger partial charge on any atom is 0.169 e. The lowest BCUT2D eigenvalue weighted by molar-refractivity contribution is 0.202. The van der Waals surface area contributed by atoms with Crippen molar-refractivity contribution in [2.45, 2.75) is 6.23 Å². The minimum atomic E-state index is -1.03. The Labute approximate surface area is 178 Å². The number of hydrogen-bond acceptors (Lipinski definition) is 5. The monoisotopic (exact) mass is 502 g/mol. The fourth-order valence-corrected chi connectivity index (χ4v) is 3.52. The maximum atomic E-state index is 11.0. The highest BCUT2D eigenvalue weighted by Crippen LogP contribution is 2.32. The number of nitrogens with one attached hydrogen (secondary N) is 1. The molecule has 8 heteroatoms. The number of anilines is 1. The number of aromatic nitrogens is 3. The van der Waals surface area contributed by atoms with Gasteiger partial charge in [0.25, 0.3) is 0 Å². The number of aliphatic hydroxyl groups excluding tert-OH is 1. The van der Waals surface area contributed by atoms with Crippen LogP contribution in [0.2, 0.25) is 0 Å². The van der Waals surface area contributed by atoms with E-state index in [2.05, 4.69) is 42.2 Å². The number of halogens is 2. The molecule has 0 bridgehead atoms. The molecule has 142 valence electrons. The van der Waals surface area contributed by atoms with E-state index in [0.717, 1.165) is 25.9 Å². The van der Waals surface area contributed by atoms with Gasteiger partial charge in [0, 0.05) is 26.9 Å². The summed E-state index contributed by atoms with van der Waals surface area (Å²) in [5.41, 5.74) is 2.84. The molecular formula is C20H16Br2N4O2. The molecule has 1 unspecified atom stereocenters. The van der Waals surface area contributed by atoms with Gasteiger partial charge in [-0.1, -0.05) is 12.1 Å². The van der Waals surface area contributed by atoms with Crippen molar-refractivity contribution >= 4 is 43.3 Å². The summed E-state index contributed by atoms with van der Waals surface area (Å²) < 4.78 is 8.94. The van der Waals surface area contributed by atoms with Gasteiger partial charge < -0.3 is 15.2 Å². The highest BCUT2D eigenvalue weighted by Gasteiger charge is 2.22. The van der Waals surface area contributed by atoms with Gasteiger partial charge in [0.05, 0.1) is 18.5 Å². The van der Waals surface area contributed by atoms with Crippen LogP contribution in [-0.4, -0.2) is 26.6 Å². The third kappa shape index (κ3) is 3.76. The van der Waals surface area contributed by atoms with E-state index in [1.54, 1.807) is 19.4 Å². The highest BCUT2D eigenvalue weighted by atomic mass is 79.9. The first-order valence-corrected chi connectivity index (χ1v) is 10.0. The van der Waals surface area contributed by atoms with E-state index in [-0.39, 0.29) is 0 Å². The van der Waals surface area contributed by atoms with Gasteiger partial charge in [-0.15, -0.1) is 0 Å². The molecule has 0 aliphatic heterocycles. The first-order valence-electron chi connectivity index (χ1n) is 8.43. The zero-order valence-electron chi connectivity index (χ0n) is 14.8. The Morgan fingerprint density at radius 3 is 2.68 bits per heavy atom. The molecule has 0 saturated heterocycles. The van der Waals surface area contributed by atoms with Crippen molar-refractivity contribution in [1.29, 1.82) is 0 Å². The number of rotatable bonds is 5. The van der Waals surface area contributed by atoms with E-state index in [9.17, 15) is 5.11 Å². The molecule has 0 fully saturated rings. The Kier molecular flexibility index (Phi) is 5.34. The molecule has 0 spiro atoms. The van der Waals surface area contributed by atoms with Crippen molar-refractivity contribution in [2.75, 3.05) is 12.4 Å². The summed E-state index contributed by atoms with van der Waals surface area (Å²) in [4.78, 5) is 9.01. The first-order chi connectivity index (χ1) is 13.5. The molecule has 3 heterocycles. The van der Waals surface area contributed by atoms with Crippen LogP contribution in [0.5, 0.6) is 5.75 Å². The fraction of sp³-hybridized carbons (Fsp3) is 0.100. The summed E-state index contributed by atoms with van der Waals surface area (Å²) in [5.74, 6) is 1.27. The van der Waals surface area contributed by atoms with E-state index in [1.807, 2.05) is 53.1 Å². The van der Waals surface area contributed by atoms with Gasteiger partial charge in [-0.25, -0.2) is 9.97 Å². The second kappa shape index (κ2) is 7.90. The fourth-order valence-electron chi connectivity index (χ4n) is 2.95. The van der Waals surface area contributed by atoms with Crippen LogP contribution >= 0.6 is 31.9 Å². The molecule has 6 nitrogen and oxygen atoms in total. The molecule has 2 N–H and O–H groups in total. The van der Waals surface area contributed by atoms with Crippen LogP contribution in [0.4, 0.5) is 5.82 Å². The summed E-state index contributed by atoms with van der Waals surface area (Å²) in [6, 6.07) is 15.1. The van der Waals surface area contributed by atoms with Crippen molar-refractivity contribution in [3.63, 3.8) is 0 Å². The molecular weight excluding hydrogens is 488 g/mol. The minimum Gasteiger partial charge on any atom is -0.497 e. The standard InChI is InChI=1S/C20H16Br2N4O2/c1-28-15-4-2-3-12(9-15)18-19(26-11-14(22)6-8-17(26)25-18)20(27)24-16-7-5-13(21)10-23-16/h2-11,20,27H,1H3,(H,23,24). The summed E-state index contributed by atoms with van der Waals surface area (Å²) in [7, 11) is 1.62. The number of methoxy groups -OCH3 is 1. The van der Waals surface area contributed by atoms with E-state index < -0.39 is 6.23 Å². The Morgan fingerprint density at radius 2 is 1.93 bits per heavy atom. The molecule has 4 aromatic rings. The quantitative estimate of drug-likeness (QED) is 0.373. The molecule has 1 aromatic carbocycles. The normalized spacial score (nSPS) is 12.1. The average molecular weight is 504 g/mol. The van der Waals surface area contributed by atoms with Gasteiger partial charge in [0.15, 0.2) is 6.23 Å². The molecule has 4 rings (SSSR count). The van der Waals surface area contributed by atoms with Crippen LogP contribution in [0.3, 0.4) is 0 Å². The van der Waals surface area contributed by atoms with Crippen molar-refractivity contribution in [1.82, 2.24) is 14.4 Å². The molecule has 0 aliphatic rings. The largest absolute Gasteiger partial charge is 0.497 e. The SMILES string of the molecule is COc1cccc(-c2nc3ccc(Br)cn3c2C(O)Nc2ccc(Br)cn2)c1. The summed E-state index contributed by atoms with van der Waals surface area (Å²) >= 11 is 6.85. The highest BCUT2D eigenvalue weighted by molar-refractivity contribution is 9.10. The zero-order chi connectivity index (χ0) is 19.7. The van der Waals surface area contributed by atoms with Crippen LogP contribution in [0.15, 0.2) is 69.9 Å². The van der Waals surface area contributed by atoms with Crippen molar-refractivity contribution in [3.05, 3.63) is 75.6 Å². The lowest BCUT2D eigenvalue weighted by Crippen LogP contribution is -2.14. The molecule has 0 amide bonds. The minimum absolute atomic E-state index is 0.553. The number of benzene rings is 1. The second-order valence-electron chi connectivity index (χ2n) is 6.06. The topological polar surface area (TPSA) is 71.7 Å². The van der Waals surface area contributed by atoms with Crippen LogP contribution in [-0.2, 0) is 0 Å². The predicted octanol–water partition coefficient (Wildman–Crippen LogP) is 5.03. The Bertz CT molecular complexity index is 1130. The van der Waals surface area contributed by atoms with Crippen molar-refractivity contribution in [2.24, 2.45) is 0 Å². The number of pyridine rings is 2. The van der Waals surface area contributed by atoms with E-state index in [0.29, 0.717) is 17.2 Å². The summed E-state index contributed by atoms with van der Waals surface area (Å²) in [5, 5.41) is 14.1. The lowest BCUT2D eigenvalue weighted by Gasteiger charge is -2.16. The number of fused-ring (bicyclic) bond motifs is 1. The maximum absolute atomic E-state index is 11.0. The molecule has 0 saturated carbocycles. The first kappa shape index (κ1) is 18.9. The zero-order valence-corrected chi connectivity index (χ0v) is 18.0. The molecule has 3 aromatic heterocycles. The van der Waals surface area contributed by atoms with E-state index in [4.69, 9.17) is 9.72 Å². The second-order valence-corrected chi connectivity index (χ2v) is 7.89. The summed E-state index contributed by atoms with van der Waals surface area (Å²) in [6.45, 7) is 0. The predicted molar refractivity (Wildman–Crippen MR) is 115 cm³/mol. The smallest absolute Gasteiger partial charge is 0.169 e. The number of nitrogens with zero attached hydrogens (tertiary/aromatic N) is 3. The lowest BCUT2D eigenvalue weighted by atomic mass is 10.1. The average Bonchev–Trinajstić information content (AvgIpc) is 3.08. The number of aliphatic hydroxyl groups is 1. The molecule has 0 aliphatic carbocycles. The van der Waals surface area contributed by atoms with Crippen LogP contribution in [0, 0.1) is 0 Å². The Morgan fingerprint density at radius 1 is 1.11 bits per heavy atom. The van der Waals surface area contributed by atoms with Gasteiger partial charge in [0.1, 0.15) is 17.2 Å². The Hall–Kier alpha value is -2.42. The Balaban J connectivity index is 1.84.